The van der Waals surface area contributed by atoms with Crippen molar-refractivity contribution in [3.63, 3.8) is 0 Å². The summed E-state index contributed by atoms with van der Waals surface area (Å²) in [4.78, 5) is 3.71. The van der Waals surface area contributed by atoms with E-state index in [4.69, 9.17) is 0 Å². The maximum Gasteiger partial charge on any atom is 0.0277 e. The predicted octanol–water partition coefficient (Wildman–Crippen LogP) is 2.29. The van der Waals surface area contributed by atoms with E-state index in [1.807, 2.05) is 32.9 Å². The van der Waals surface area contributed by atoms with Gasteiger partial charge in [-0.05, 0) is 13.0 Å². The van der Waals surface area contributed by atoms with Crippen molar-refractivity contribution in [2.45, 2.75) is 20.8 Å². The Labute approximate surface area is 52.1 Å². The van der Waals surface area contributed by atoms with Crippen molar-refractivity contribution >= 4 is 6.21 Å². The Morgan fingerprint density at radius 3 is 1.88 bits per heavy atom. The molecule has 48 valence electrons. The lowest BCUT2D eigenvalue weighted by molar-refractivity contribution is 1.47. The van der Waals surface area contributed by atoms with Crippen LogP contribution in [0.25, 0.3) is 0 Å². The van der Waals surface area contributed by atoms with Gasteiger partial charge in [0.05, 0.1) is 0 Å². The normalized spacial score (nSPS) is 9.50. The number of hydrogen-bond acceptors (Lipinski definition) is 1. The second kappa shape index (κ2) is 16.1. The maximum atomic E-state index is 3.71. The molecule has 0 saturated heterocycles. The third-order valence-electron chi connectivity index (χ3n) is 0.428. The van der Waals surface area contributed by atoms with Gasteiger partial charge in [0.1, 0.15) is 0 Å². The SMILES string of the molecule is C/C=C\C=NC.CC. The fourth-order valence-electron chi connectivity index (χ4n) is 0.172. The van der Waals surface area contributed by atoms with Gasteiger partial charge in [-0.15, -0.1) is 0 Å². The highest BCUT2D eigenvalue weighted by molar-refractivity contribution is 5.70. The molecule has 0 rings (SSSR count). The van der Waals surface area contributed by atoms with Crippen LogP contribution in [0.4, 0.5) is 0 Å². The van der Waals surface area contributed by atoms with Gasteiger partial charge in [0.15, 0.2) is 0 Å². The van der Waals surface area contributed by atoms with Gasteiger partial charge in [-0.3, -0.25) is 4.99 Å². The summed E-state index contributed by atoms with van der Waals surface area (Å²) >= 11 is 0. The molecule has 1 nitrogen and oxygen atoms in total. The molecule has 0 N–H and O–H groups in total. The zero-order chi connectivity index (χ0) is 6.83. The van der Waals surface area contributed by atoms with Gasteiger partial charge in [0, 0.05) is 13.3 Å². The summed E-state index contributed by atoms with van der Waals surface area (Å²) in [5, 5.41) is 0. The number of allylic oxidation sites excluding steroid dienone is 2. The molecule has 0 radical (unpaired) electrons. The predicted molar refractivity (Wildman–Crippen MR) is 40.6 cm³/mol. The van der Waals surface area contributed by atoms with Gasteiger partial charge in [-0.2, -0.15) is 0 Å². The average molecular weight is 113 g/mol. The lowest BCUT2D eigenvalue weighted by Crippen LogP contribution is -1.56. The van der Waals surface area contributed by atoms with Crippen molar-refractivity contribution < 1.29 is 0 Å². The minimum Gasteiger partial charge on any atom is -0.297 e. The highest BCUT2D eigenvalue weighted by Crippen LogP contribution is 1.60. The Bertz CT molecular complexity index is 52.8. The third-order valence-corrected chi connectivity index (χ3v) is 0.428. The van der Waals surface area contributed by atoms with Gasteiger partial charge in [-0.25, -0.2) is 0 Å². The van der Waals surface area contributed by atoms with E-state index in [9.17, 15) is 0 Å². The van der Waals surface area contributed by atoms with Crippen LogP contribution in [0.5, 0.6) is 0 Å². The molecule has 0 unspecified atom stereocenters. The highest BCUT2D eigenvalue weighted by atomic mass is 14.6. The number of rotatable bonds is 1. The van der Waals surface area contributed by atoms with Crippen molar-refractivity contribution in [2.24, 2.45) is 4.99 Å². The van der Waals surface area contributed by atoms with E-state index in [2.05, 4.69) is 4.99 Å². The number of nitrogens with zero attached hydrogens (tertiary/aromatic N) is 1. The van der Waals surface area contributed by atoms with Crippen LogP contribution in [0.1, 0.15) is 20.8 Å². The topological polar surface area (TPSA) is 12.4 Å². The van der Waals surface area contributed by atoms with Crippen molar-refractivity contribution in [1.82, 2.24) is 0 Å². The summed E-state index contributed by atoms with van der Waals surface area (Å²) in [6, 6.07) is 0. The second-order valence-corrected chi connectivity index (χ2v) is 0.933. The Kier molecular flexibility index (Phi) is 21.0. The zero-order valence-corrected chi connectivity index (χ0v) is 6.18. The van der Waals surface area contributed by atoms with Crippen LogP contribution in [0, 0.1) is 0 Å². The first-order valence-electron chi connectivity index (χ1n) is 2.95. The summed E-state index contributed by atoms with van der Waals surface area (Å²) in [7, 11) is 1.75. The summed E-state index contributed by atoms with van der Waals surface area (Å²) in [6.45, 7) is 5.96. The fraction of sp³-hybridized carbons (Fsp3) is 0.571. The first-order chi connectivity index (χ1) is 3.91. The largest absolute Gasteiger partial charge is 0.297 e. The minimum absolute atomic E-state index is 1.75. The van der Waals surface area contributed by atoms with Crippen LogP contribution < -0.4 is 0 Å². The van der Waals surface area contributed by atoms with Gasteiger partial charge >= 0.3 is 0 Å². The highest BCUT2D eigenvalue weighted by Gasteiger charge is 1.49. The summed E-state index contributed by atoms with van der Waals surface area (Å²) < 4.78 is 0. The second-order valence-electron chi connectivity index (χ2n) is 0.933. The molecule has 0 spiro atoms. The smallest absolute Gasteiger partial charge is 0.0277 e. The Hall–Kier alpha value is -0.590. The van der Waals surface area contributed by atoms with Crippen LogP contribution in [0.2, 0.25) is 0 Å². The number of aliphatic imine (C=N–C) groups is 1. The quantitative estimate of drug-likeness (QED) is 0.463. The molecule has 1 heteroatoms. The van der Waals surface area contributed by atoms with Crippen molar-refractivity contribution in [1.29, 1.82) is 0 Å². The molecular formula is C7H15N. The summed E-state index contributed by atoms with van der Waals surface area (Å²) in [6.07, 6.45) is 5.58. The van der Waals surface area contributed by atoms with E-state index in [1.165, 1.54) is 0 Å². The first-order valence-corrected chi connectivity index (χ1v) is 2.95. The molecule has 0 bridgehead atoms. The van der Waals surface area contributed by atoms with Crippen LogP contribution in [0.3, 0.4) is 0 Å². The van der Waals surface area contributed by atoms with Crippen LogP contribution >= 0.6 is 0 Å². The van der Waals surface area contributed by atoms with E-state index in [-0.39, 0.29) is 0 Å². The molecule has 0 aliphatic carbocycles. The monoisotopic (exact) mass is 113 g/mol. The van der Waals surface area contributed by atoms with Crippen LogP contribution in [-0.2, 0) is 0 Å². The Balaban J connectivity index is 0. The Morgan fingerprint density at radius 1 is 1.25 bits per heavy atom. The molecule has 8 heavy (non-hydrogen) atoms. The van der Waals surface area contributed by atoms with Crippen LogP contribution in [-0.4, -0.2) is 13.3 Å². The molecular weight excluding hydrogens is 98.1 g/mol. The number of hydrogen-bond donors (Lipinski definition) is 0. The van der Waals surface area contributed by atoms with Crippen LogP contribution in [0.15, 0.2) is 17.1 Å². The van der Waals surface area contributed by atoms with Gasteiger partial charge < -0.3 is 0 Å². The molecule has 0 aromatic carbocycles. The minimum atomic E-state index is 1.75. The fourth-order valence-corrected chi connectivity index (χ4v) is 0.172. The van der Waals surface area contributed by atoms with Gasteiger partial charge in [0.25, 0.3) is 0 Å². The Morgan fingerprint density at radius 2 is 1.75 bits per heavy atom. The molecule has 0 aliphatic rings. The van der Waals surface area contributed by atoms with Crippen molar-refractivity contribution in [3.8, 4) is 0 Å². The van der Waals surface area contributed by atoms with E-state index in [0.29, 0.717) is 0 Å². The van der Waals surface area contributed by atoms with E-state index in [0.717, 1.165) is 0 Å². The van der Waals surface area contributed by atoms with Crippen molar-refractivity contribution in [2.75, 3.05) is 7.05 Å². The molecule has 0 amide bonds. The van der Waals surface area contributed by atoms with Gasteiger partial charge in [-0.1, -0.05) is 19.9 Å². The van der Waals surface area contributed by atoms with E-state index < -0.39 is 0 Å². The molecule has 0 aromatic heterocycles. The third kappa shape index (κ3) is 18.1. The van der Waals surface area contributed by atoms with Gasteiger partial charge in [0.2, 0.25) is 0 Å². The molecule has 0 aromatic rings. The summed E-state index contributed by atoms with van der Waals surface area (Å²) in [5.41, 5.74) is 0. The lowest BCUT2D eigenvalue weighted by Gasteiger charge is -1.63. The van der Waals surface area contributed by atoms with Crippen molar-refractivity contribution in [3.05, 3.63) is 12.2 Å². The molecule has 0 fully saturated rings. The van der Waals surface area contributed by atoms with E-state index >= 15 is 0 Å². The molecule has 0 atom stereocenters. The molecule has 0 aliphatic heterocycles. The lowest BCUT2D eigenvalue weighted by atomic mass is 10.6. The maximum absolute atomic E-state index is 3.71. The van der Waals surface area contributed by atoms with E-state index in [1.54, 1.807) is 13.3 Å². The summed E-state index contributed by atoms with van der Waals surface area (Å²) in [5.74, 6) is 0. The zero-order valence-electron chi connectivity index (χ0n) is 6.18. The first kappa shape index (κ1) is 10.4. The molecule has 0 saturated carbocycles. The molecule has 0 heterocycles. The standard InChI is InChI=1S/C5H9N.C2H6/c1-3-4-5-6-2;1-2/h3-5H,1-2H3;1-2H3/b4-3-,6-5?;. The average Bonchev–Trinajstić information content (AvgIpc) is 1.88.